The van der Waals surface area contributed by atoms with E-state index in [1.54, 1.807) is 0 Å². The van der Waals surface area contributed by atoms with Crippen LogP contribution in [0, 0.1) is 0 Å². The molecule has 80 valence electrons. The molecule has 2 rings (SSSR count). The predicted molar refractivity (Wildman–Crippen MR) is 60.7 cm³/mol. The Bertz CT molecular complexity index is 334. The van der Waals surface area contributed by atoms with Crippen LogP contribution in [0.5, 0.6) is 0 Å². The van der Waals surface area contributed by atoms with Crippen molar-refractivity contribution in [3.05, 3.63) is 35.9 Å². The Morgan fingerprint density at radius 1 is 1.40 bits per heavy atom. The molecule has 1 aromatic rings. The molecule has 1 heterocycles. The smallest absolute Gasteiger partial charge is 0.222 e. The molecule has 2 heteroatoms. The number of hydrogen-bond acceptors (Lipinski definition) is 1. The maximum absolute atomic E-state index is 11.5. The molecule has 0 unspecified atom stereocenters. The Morgan fingerprint density at radius 2 is 2.13 bits per heavy atom. The van der Waals surface area contributed by atoms with Crippen molar-refractivity contribution in [2.45, 2.75) is 25.7 Å². The van der Waals surface area contributed by atoms with E-state index in [9.17, 15) is 4.79 Å². The molecule has 0 aromatic heterocycles. The third-order valence-electron chi connectivity index (χ3n) is 3.11. The Hall–Kier alpha value is -1.31. The van der Waals surface area contributed by atoms with Crippen molar-refractivity contribution in [2.75, 3.05) is 13.1 Å². The standard InChI is InChI=1S/C13H17NO/c1-2-13(15)14-9-8-12(10-14)11-6-4-3-5-7-11/h3-7,12H,2,8-10H2,1H3/t12-/m1/s1. The van der Waals surface area contributed by atoms with Gasteiger partial charge in [0, 0.05) is 25.4 Å². The summed E-state index contributed by atoms with van der Waals surface area (Å²) in [4.78, 5) is 13.5. The van der Waals surface area contributed by atoms with E-state index < -0.39 is 0 Å². The lowest BCUT2D eigenvalue weighted by Gasteiger charge is -2.15. The maximum atomic E-state index is 11.5. The molecule has 0 bridgehead atoms. The molecule has 1 fully saturated rings. The van der Waals surface area contributed by atoms with E-state index >= 15 is 0 Å². The number of carbonyl (C=O) groups is 1. The summed E-state index contributed by atoms with van der Waals surface area (Å²) >= 11 is 0. The van der Waals surface area contributed by atoms with E-state index in [-0.39, 0.29) is 5.91 Å². The van der Waals surface area contributed by atoms with Crippen LogP contribution in [0.2, 0.25) is 0 Å². The van der Waals surface area contributed by atoms with Gasteiger partial charge in [-0.15, -0.1) is 0 Å². The van der Waals surface area contributed by atoms with Crippen LogP contribution in [0.3, 0.4) is 0 Å². The third kappa shape index (κ3) is 2.20. The van der Waals surface area contributed by atoms with E-state index in [0.717, 1.165) is 19.5 Å². The van der Waals surface area contributed by atoms with E-state index in [1.807, 2.05) is 17.9 Å². The van der Waals surface area contributed by atoms with Gasteiger partial charge in [-0.1, -0.05) is 37.3 Å². The van der Waals surface area contributed by atoms with E-state index in [0.29, 0.717) is 12.3 Å². The second kappa shape index (κ2) is 4.47. The highest BCUT2D eigenvalue weighted by atomic mass is 16.2. The largest absolute Gasteiger partial charge is 0.342 e. The van der Waals surface area contributed by atoms with Gasteiger partial charge in [-0.3, -0.25) is 4.79 Å². The Kier molecular flexibility index (Phi) is 3.05. The Labute approximate surface area is 90.9 Å². The minimum absolute atomic E-state index is 0.286. The van der Waals surface area contributed by atoms with Crippen molar-refractivity contribution in [3.8, 4) is 0 Å². The lowest BCUT2D eigenvalue weighted by Crippen LogP contribution is -2.27. The van der Waals surface area contributed by atoms with Gasteiger partial charge in [0.05, 0.1) is 0 Å². The van der Waals surface area contributed by atoms with Crippen LogP contribution in [0.4, 0.5) is 0 Å². The molecule has 1 atom stereocenters. The number of hydrogen-bond donors (Lipinski definition) is 0. The summed E-state index contributed by atoms with van der Waals surface area (Å²) in [6.07, 6.45) is 1.73. The summed E-state index contributed by atoms with van der Waals surface area (Å²) in [6.45, 7) is 3.75. The average Bonchev–Trinajstić information content (AvgIpc) is 2.78. The zero-order valence-corrected chi connectivity index (χ0v) is 9.15. The molecule has 1 saturated heterocycles. The number of carbonyl (C=O) groups excluding carboxylic acids is 1. The van der Waals surface area contributed by atoms with Crippen molar-refractivity contribution in [3.63, 3.8) is 0 Å². The van der Waals surface area contributed by atoms with Crippen LogP contribution >= 0.6 is 0 Å². The second-order valence-electron chi connectivity index (χ2n) is 4.09. The molecule has 0 radical (unpaired) electrons. The first-order valence-electron chi connectivity index (χ1n) is 5.64. The first-order chi connectivity index (χ1) is 7.31. The fraction of sp³-hybridized carbons (Fsp3) is 0.462. The summed E-state index contributed by atoms with van der Waals surface area (Å²) in [6, 6.07) is 10.5. The molecule has 1 amide bonds. The normalized spacial score (nSPS) is 20.6. The van der Waals surface area contributed by atoms with Gasteiger partial charge in [-0.05, 0) is 12.0 Å². The minimum atomic E-state index is 0.286. The van der Waals surface area contributed by atoms with Crippen molar-refractivity contribution in [1.82, 2.24) is 4.90 Å². The molecule has 15 heavy (non-hydrogen) atoms. The van der Waals surface area contributed by atoms with Gasteiger partial charge in [0.25, 0.3) is 0 Å². The SMILES string of the molecule is CCC(=O)N1CC[C@@H](c2ccccc2)C1. The van der Waals surface area contributed by atoms with Crippen LogP contribution < -0.4 is 0 Å². The topological polar surface area (TPSA) is 20.3 Å². The van der Waals surface area contributed by atoms with Gasteiger partial charge < -0.3 is 4.90 Å². The van der Waals surface area contributed by atoms with Crippen LogP contribution in [0.25, 0.3) is 0 Å². The third-order valence-corrected chi connectivity index (χ3v) is 3.11. The number of nitrogens with zero attached hydrogens (tertiary/aromatic N) is 1. The zero-order chi connectivity index (χ0) is 10.7. The average molecular weight is 203 g/mol. The monoisotopic (exact) mass is 203 g/mol. The number of likely N-dealkylation sites (tertiary alicyclic amines) is 1. The van der Waals surface area contributed by atoms with Crippen LogP contribution in [-0.2, 0) is 4.79 Å². The second-order valence-corrected chi connectivity index (χ2v) is 4.09. The fourth-order valence-electron chi connectivity index (χ4n) is 2.21. The van der Waals surface area contributed by atoms with Gasteiger partial charge >= 0.3 is 0 Å². The fourth-order valence-corrected chi connectivity index (χ4v) is 2.21. The Morgan fingerprint density at radius 3 is 2.80 bits per heavy atom. The Balaban J connectivity index is 2.02. The maximum Gasteiger partial charge on any atom is 0.222 e. The summed E-state index contributed by atoms with van der Waals surface area (Å²) in [5, 5.41) is 0. The molecule has 0 N–H and O–H groups in total. The number of amides is 1. The number of rotatable bonds is 2. The molecule has 1 aromatic carbocycles. The van der Waals surface area contributed by atoms with Gasteiger partial charge in [0.2, 0.25) is 5.91 Å². The zero-order valence-electron chi connectivity index (χ0n) is 9.15. The summed E-state index contributed by atoms with van der Waals surface area (Å²) in [5.74, 6) is 0.829. The quantitative estimate of drug-likeness (QED) is 0.722. The molecular weight excluding hydrogens is 186 g/mol. The number of benzene rings is 1. The van der Waals surface area contributed by atoms with E-state index in [2.05, 4.69) is 24.3 Å². The van der Waals surface area contributed by atoms with Gasteiger partial charge in [-0.25, -0.2) is 0 Å². The first-order valence-corrected chi connectivity index (χ1v) is 5.64. The van der Waals surface area contributed by atoms with Gasteiger partial charge in [0.1, 0.15) is 0 Å². The van der Waals surface area contributed by atoms with Crippen LogP contribution in [0.1, 0.15) is 31.2 Å². The summed E-state index contributed by atoms with van der Waals surface area (Å²) < 4.78 is 0. The predicted octanol–water partition coefficient (Wildman–Crippen LogP) is 2.41. The van der Waals surface area contributed by atoms with E-state index in [1.165, 1.54) is 5.56 Å². The molecule has 0 spiro atoms. The van der Waals surface area contributed by atoms with Crippen molar-refractivity contribution in [2.24, 2.45) is 0 Å². The van der Waals surface area contributed by atoms with Crippen molar-refractivity contribution >= 4 is 5.91 Å². The lowest BCUT2D eigenvalue weighted by molar-refractivity contribution is -0.129. The summed E-state index contributed by atoms with van der Waals surface area (Å²) in [7, 11) is 0. The highest BCUT2D eigenvalue weighted by molar-refractivity contribution is 5.76. The summed E-state index contributed by atoms with van der Waals surface area (Å²) in [5.41, 5.74) is 1.36. The van der Waals surface area contributed by atoms with E-state index in [4.69, 9.17) is 0 Å². The minimum Gasteiger partial charge on any atom is -0.342 e. The molecule has 1 aliphatic rings. The van der Waals surface area contributed by atoms with Gasteiger partial charge in [0.15, 0.2) is 0 Å². The highest BCUT2D eigenvalue weighted by Crippen LogP contribution is 2.26. The highest BCUT2D eigenvalue weighted by Gasteiger charge is 2.25. The lowest BCUT2D eigenvalue weighted by atomic mass is 9.99. The van der Waals surface area contributed by atoms with Crippen molar-refractivity contribution < 1.29 is 4.79 Å². The first kappa shape index (κ1) is 10.2. The molecule has 0 aliphatic carbocycles. The van der Waals surface area contributed by atoms with Crippen molar-refractivity contribution in [1.29, 1.82) is 0 Å². The van der Waals surface area contributed by atoms with Crippen LogP contribution in [-0.4, -0.2) is 23.9 Å². The molecule has 1 aliphatic heterocycles. The molecule has 0 saturated carbocycles. The molecule has 2 nitrogen and oxygen atoms in total. The molecular formula is C13H17NO. The van der Waals surface area contributed by atoms with Gasteiger partial charge in [-0.2, -0.15) is 0 Å². The van der Waals surface area contributed by atoms with Crippen LogP contribution in [0.15, 0.2) is 30.3 Å².